The normalized spacial score (nSPS) is 17.1. The lowest BCUT2D eigenvalue weighted by Crippen LogP contribution is -2.45. The maximum atomic E-state index is 13.0. The molecule has 6 heteroatoms. The maximum absolute atomic E-state index is 13.0. The van der Waals surface area contributed by atoms with Crippen LogP contribution in [0.15, 0.2) is 22.8 Å². The van der Waals surface area contributed by atoms with Crippen molar-refractivity contribution in [1.29, 1.82) is 0 Å². The number of carbonyl (C=O) groups excluding carboxylic acids is 2. The Labute approximate surface area is 162 Å². The van der Waals surface area contributed by atoms with Gasteiger partial charge in [-0.3, -0.25) is 9.59 Å². The summed E-state index contributed by atoms with van der Waals surface area (Å²) in [5.41, 5.74) is -0.0995. The van der Waals surface area contributed by atoms with E-state index < -0.39 is 0 Å². The summed E-state index contributed by atoms with van der Waals surface area (Å²) in [7, 11) is 0. The highest BCUT2D eigenvalue weighted by Gasteiger charge is 2.27. The van der Waals surface area contributed by atoms with Crippen LogP contribution in [0.3, 0.4) is 0 Å². The molecule has 152 valence electrons. The van der Waals surface area contributed by atoms with Crippen LogP contribution in [-0.2, 0) is 20.9 Å². The standard InChI is InChI=1S/C21H34N2O4/c1-5-10-22(19(24)13-21(2,3)4)16-20(25)23(14-17-8-6-11-26-17)15-18-9-7-12-27-18/h6,8,11,18H,5,7,9-10,12-16H2,1-4H3/t18-/m0/s1. The molecule has 1 aliphatic heterocycles. The van der Waals surface area contributed by atoms with E-state index in [1.165, 1.54) is 0 Å². The smallest absolute Gasteiger partial charge is 0.242 e. The Hall–Kier alpha value is -1.82. The summed E-state index contributed by atoms with van der Waals surface area (Å²) in [5.74, 6) is 0.717. The zero-order valence-corrected chi connectivity index (χ0v) is 17.2. The minimum atomic E-state index is -0.0995. The van der Waals surface area contributed by atoms with Crippen molar-refractivity contribution >= 4 is 11.8 Å². The predicted molar refractivity (Wildman–Crippen MR) is 104 cm³/mol. The Kier molecular flexibility index (Phi) is 7.90. The molecule has 1 aromatic rings. The van der Waals surface area contributed by atoms with Gasteiger partial charge in [0.05, 0.1) is 25.5 Å². The molecular formula is C21H34N2O4. The quantitative estimate of drug-likeness (QED) is 0.660. The second-order valence-electron chi connectivity index (χ2n) is 8.54. The zero-order valence-electron chi connectivity index (χ0n) is 17.2. The molecule has 1 aromatic heterocycles. The summed E-state index contributed by atoms with van der Waals surface area (Å²) < 4.78 is 11.1. The van der Waals surface area contributed by atoms with Crippen molar-refractivity contribution in [3.63, 3.8) is 0 Å². The fraction of sp³-hybridized carbons (Fsp3) is 0.714. The molecule has 0 unspecified atom stereocenters. The third kappa shape index (κ3) is 7.37. The third-order valence-corrected chi connectivity index (χ3v) is 4.58. The molecule has 0 bridgehead atoms. The zero-order chi connectivity index (χ0) is 19.9. The Balaban J connectivity index is 2.04. The molecule has 6 nitrogen and oxygen atoms in total. The van der Waals surface area contributed by atoms with Gasteiger partial charge in [0, 0.05) is 26.1 Å². The van der Waals surface area contributed by atoms with Crippen LogP contribution in [0, 0.1) is 5.41 Å². The Morgan fingerprint density at radius 1 is 1.22 bits per heavy atom. The van der Waals surface area contributed by atoms with E-state index in [0.717, 1.165) is 31.6 Å². The van der Waals surface area contributed by atoms with E-state index in [4.69, 9.17) is 9.15 Å². The van der Waals surface area contributed by atoms with Crippen LogP contribution in [-0.4, -0.2) is 54.0 Å². The van der Waals surface area contributed by atoms with Crippen LogP contribution in [0.4, 0.5) is 0 Å². The molecule has 27 heavy (non-hydrogen) atoms. The number of hydrogen-bond donors (Lipinski definition) is 0. The second-order valence-corrected chi connectivity index (χ2v) is 8.54. The largest absolute Gasteiger partial charge is 0.467 e. The molecule has 1 aliphatic rings. The van der Waals surface area contributed by atoms with Gasteiger partial charge in [0.2, 0.25) is 11.8 Å². The van der Waals surface area contributed by atoms with Crippen LogP contribution in [0.25, 0.3) is 0 Å². The van der Waals surface area contributed by atoms with Crippen LogP contribution < -0.4 is 0 Å². The van der Waals surface area contributed by atoms with Crippen molar-refractivity contribution in [2.45, 2.75) is 66.0 Å². The third-order valence-electron chi connectivity index (χ3n) is 4.58. The number of rotatable bonds is 9. The van der Waals surface area contributed by atoms with E-state index in [9.17, 15) is 9.59 Å². The molecule has 1 saturated heterocycles. The van der Waals surface area contributed by atoms with Crippen LogP contribution >= 0.6 is 0 Å². The molecule has 0 spiro atoms. The molecule has 0 aliphatic carbocycles. The lowest BCUT2D eigenvalue weighted by molar-refractivity contribution is -0.143. The summed E-state index contributed by atoms with van der Waals surface area (Å²) in [5, 5.41) is 0. The number of ether oxygens (including phenoxy) is 1. The highest BCUT2D eigenvalue weighted by atomic mass is 16.5. The maximum Gasteiger partial charge on any atom is 0.242 e. The Morgan fingerprint density at radius 2 is 2.00 bits per heavy atom. The van der Waals surface area contributed by atoms with E-state index >= 15 is 0 Å². The van der Waals surface area contributed by atoms with Crippen molar-refractivity contribution < 1.29 is 18.7 Å². The van der Waals surface area contributed by atoms with Gasteiger partial charge in [-0.2, -0.15) is 0 Å². The summed E-state index contributed by atoms with van der Waals surface area (Å²) >= 11 is 0. The van der Waals surface area contributed by atoms with E-state index in [0.29, 0.717) is 26.1 Å². The fourth-order valence-electron chi connectivity index (χ4n) is 3.27. The summed E-state index contributed by atoms with van der Waals surface area (Å²) in [6.07, 6.45) is 4.93. The van der Waals surface area contributed by atoms with Gasteiger partial charge in [-0.25, -0.2) is 0 Å². The Morgan fingerprint density at radius 3 is 2.56 bits per heavy atom. The van der Waals surface area contributed by atoms with E-state index in [1.54, 1.807) is 16.1 Å². The first-order chi connectivity index (χ1) is 12.8. The van der Waals surface area contributed by atoms with Crippen molar-refractivity contribution in [2.75, 3.05) is 26.2 Å². The van der Waals surface area contributed by atoms with Gasteiger partial charge in [-0.15, -0.1) is 0 Å². The second kappa shape index (κ2) is 9.93. The summed E-state index contributed by atoms with van der Waals surface area (Å²) in [6.45, 7) is 10.5. The van der Waals surface area contributed by atoms with E-state index in [2.05, 4.69) is 0 Å². The van der Waals surface area contributed by atoms with Crippen molar-refractivity contribution in [3.05, 3.63) is 24.2 Å². The van der Waals surface area contributed by atoms with Gasteiger partial charge in [0.15, 0.2) is 0 Å². The van der Waals surface area contributed by atoms with Crippen LogP contribution in [0.1, 0.15) is 59.1 Å². The van der Waals surface area contributed by atoms with Gasteiger partial charge in [-0.1, -0.05) is 27.7 Å². The monoisotopic (exact) mass is 378 g/mol. The predicted octanol–water partition coefficient (Wildman–Crippen LogP) is 3.46. The topological polar surface area (TPSA) is 63.0 Å². The molecule has 2 heterocycles. The van der Waals surface area contributed by atoms with Gasteiger partial charge < -0.3 is 19.0 Å². The molecule has 0 saturated carbocycles. The first kappa shape index (κ1) is 21.5. The first-order valence-corrected chi connectivity index (χ1v) is 9.98. The highest BCUT2D eigenvalue weighted by Crippen LogP contribution is 2.20. The first-order valence-electron chi connectivity index (χ1n) is 9.98. The molecule has 0 aromatic carbocycles. The molecule has 1 atom stereocenters. The lowest BCUT2D eigenvalue weighted by Gasteiger charge is -2.30. The summed E-state index contributed by atoms with van der Waals surface area (Å²) in [4.78, 5) is 29.2. The molecule has 1 fully saturated rings. The van der Waals surface area contributed by atoms with Gasteiger partial charge >= 0.3 is 0 Å². The molecule has 0 radical (unpaired) electrons. The van der Waals surface area contributed by atoms with Crippen LogP contribution in [0.2, 0.25) is 0 Å². The van der Waals surface area contributed by atoms with Crippen LogP contribution in [0.5, 0.6) is 0 Å². The molecule has 0 N–H and O–H groups in total. The minimum Gasteiger partial charge on any atom is -0.467 e. The highest BCUT2D eigenvalue weighted by molar-refractivity contribution is 5.85. The lowest BCUT2D eigenvalue weighted by atomic mass is 9.91. The number of amides is 2. The van der Waals surface area contributed by atoms with Crippen molar-refractivity contribution in [1.82, 2.24) is 9.80 Å². The molecule has 2 rings (SSSR count). The van der Waals surface area contributed by atoms with Crippen molar-refractivity contribution in [3.8, 4) is 0 Å². The fourth-order valence-corrected chi connectivity index (χ4v) is 3.27. The van der Waals surface area contributed by atoms with Gasteiger partial charge in [-0.05, 0) is 36.8 Å². The average molecular weight is 379 g/mol. The number of furan rings is 1. The Bertz CT molecular complexity index is 586. The summed E-state index contributed by atoms with van der Waals surface area (Å²) in [6, 6.07) is 3.69. The number of carbonyl (C=O) groups is 2. The molecular weight excluding hydrogens is 344 g/mol. The number of hydrogen-bond acceptors (Lipinski definition) is 4. The minimum absolute atomic E-state index is 0.0350. The van der Waals surface area contributed by atoms with E-state index in [1.807, 2.05) is 39.8 Å². The van der Waals surface area contributed by atoms with Gasteiger partial charge in [0.1, 0.15) is 5.76 Å². The van der Waals surface area contributed by atoms with Crippen molar-refractivity contribution in [2.24, 2.45) is 5.41 Å². The molecule has 2 amide bonds. The van der Waals surface area contributed by atoms with E-state index in [-0.39, 0.29) is 29.9 Å². The van der Waals surface area contributed by atoms with Gasteiger partial charge in [0.25, 0.3) is 0 Å². The average Bonchev–Trinajstić information content (AvgIpc) is 3.26. The number of nitrogens with zero attached hydrogens (tertiary/aromatic N) is 2. The SMILES string of the molecule is CCCN(CC(=O)N(Cc1ccco1)C[C@@H]1CCCO1)C(=O)CC(C)(C)C.